The Kier molecular flexibility index (Phi) is 3.59. The predicted octanol–water partition coefficient (Wildman–Crippen LogP) is 4.33. The third kappa shape index (κ3) is 2.60. The molecule has 103 valence electrons. The number of carbonyl (C=O) groups excluding carboxylic acids is 1. The molecular formula is C17H11ClNO2. The zero-order valence-corrected chi connectivity index (χ0v) is 12.0. The molecule has 0 unspecified atom stereocenters. The second-order valence-corrected chi connectivity index (χ2v) is 5.06. The molecule has 0 aliphatic carbocycles. The number of halogens is 1. The Morgan fingerprint density at radius 3 is 2.52 bits per heavy atom. The minimum Gasteiger partial charge on any atom is -0.352 e. The van der Waals surface area contributed by atoms with Crippen molar-refractivity contribution in [1.29, 1.82) is 0 Å². The predicted molar refractivity (Wildman–Crippen MR) is 80.4 cm³/mol. The summed E-state index contributed by atoms with van der Waals surface area (Å²) >= 11 is 5.86. The second kappa shape index (κ2) is 5.54. The van der Waals surface area contributed by atoms with E-state index in [1.165, 1.54) is 0 Å². The molecule has 0 amide bonds. The molecule has 3 nitrogen and oxygen atoms in total. The maximum atomic E-state index is 12.7. The topological polar surface area (TPSA) is 43.1 Å². The summed E-state index contributed by atoms with van der Waals surface area (Å²) in [5.74, 6) is -0.0729. The third-order valence-corrected chi connectivity index (χ3v) is 3.49. The van der Waals surface area contributed by atoms with Gasteiger partial charge in [-0.1, -0.05) is 41.0 Å². The zero-order chi connectivity index (χ0) is 14.8. The van der Waals surface area contributed by atoms with Crippen molar-refractivity contribution in [1.82, 2.24) is 5.16 Å². The van der Waals surface area contributed by atoms with Crippen LogP contribution in [0.1, 0.15) is 21.6 Å². The van der Waals surface area contributed by atoms with Gasteiger partial charge in [-0.3, -0.25) is 4.79 Å². The van der Waals surface area contributed by atoms with Crippen LogP contribution in [-0.4, -0.2) is 10.9 Å². The van der Waals surface area contributed by atoms with Crippen LogP contribution in [0.3, 0.4) is 0 Å². The number of carbonyl (C=O) groups is 1. The lowest BCUT2D eigenvalue weighted by molar-refractivity contribution is 0.103. The number of rotatable bonds is 3. The summed E-state index contributed by atoms with van der Waals surface area (Å²) in [6.07, 6.45) is 2.72. The number of aryl methyl sites for hydroxylation is 1. The van der Waals surface area contributed by atoms with E-state index in [1.54, 1.807) is 30.3 Å². The molecule has 1 radical (unpaired) electrons. The molecule has 1 heterocycles. The quantitative estimate of drug-likeness (QED) is 0.675. The van der Waals surface area contributed by atoms with Crippen LogP contribution in [0, 0.1) is 13.2 Å². The van der Waals surface area contributed by atoms with Crippen molar-refractivity contribution in [3.63, 3.8) is 0 Å². The molecule has 1 aromatic heterocycles. The lowest BCUT2D eigenvalue weighted by atomic mass is 9.94. The number of nitrogens with zero attached hydrogens (tertiary/aromatic N) is 1. The van der Waals surface area contributed by atoms with Gasteiger partial charge in [0.05, 0.1) is 11.3 Å². The fourth-order valence-electron chi connectivity index (χ4n) is 2.16. The summed E-state index contributed by atoms with van der Waals surface area (Å²) in [7, 11) is 0. The van der Waals surface area contributed by atoms with E-state index >= 15 is 0 Å². The fraction of sp³-hybridized carbons (Fsp3) is 0.0588. The van der Waals surface area contributed by atoms with Gasteiger partial charge in [0.15, 0.2) is 5.78 Å². The first-order valence-electron chi connectivity index (χ1n) is 6.40. The molecule has 0 bridgehead atoms. The molecule has 4 heteroatoms. The highest BCUT2D eigenvalue weighted by molar-refractivity contribution is 6.30. The minimum absolute atomic E-state index is 0.0729. The first-order chi connectivity index (χ1) is 10.2. The normalized spacial score (nSPS) is 10.6. The Morgan fingerprint density at radius 1 is 1.14 bits per heavy atom. The van der Waals surface area contributed by atoms with Crippen molar-refractivity contribution in [2.24, 2.45) is 0 Å². The van der Waals surface area contributed by atoms with Gasteiger partial charge in [0.2, 0.25) is 6.26 Å². The highest BCUT2D eigenvalue weighted by atomic mass is 35.5. The van der Waals surface area contributed by atoms with Crippen LogP contribution in [0.15, 0.2) is 53.1 Å². The summed E-state index contributed by atoms with van der Waals surface area (Å²) in [5, 5.41) is 4.42. The van der Waals surface area contributed by atoms with Gasteiger partial charge in [-0.05, 0) is 36.8 Å². The largest absolute Gasteiger partial charge is 0.352 e. The molecule has 0 saturated heterocycles. The number of ketones is 1. The minimum atomic E-state index is -0.0729. The van der Waals surface area contributed by atoms with Crippen molar-refractivity contribution in [3.8, 4) is 11.1 Å². The molecule has 0 fully saturated rings. The van der Waals surface area contributed by atoms with E-state index in [-0.39, 0.29) is 5.78 Å². The van der Waals surface area contributed by atoms with Crippen LogP contribution in [-0.2, 0) is 0 Å². The Bertz CT molecular complexity index is 791. The van der Waals surface area contributed by atoms with Crippen LogP contribution < -0.4 is 0 Å². The summed E-state index contributed by atoms with van der Waals surface area (Å²) in [6.45, 7) is 1.82. The van der Waals surface area contributed by atoms with Crippen molar-refractivity contribution < 1.29 is 9.32 Å². The van der Waals surface area contributed by atoms with Crippen LogP contribution in [0.5, 0.6) is 0 Å². The third-order valence-electron chi connectivity index (χ3n) is 3.24. The average molecular weight is 297 g/mol. The van der Waals surface area contributed by atoms with Crippen LogP contribution in [0.2, 0.25) is 5.02 Å². The van der Waals surface area contributed by atoms with E-state index in [0.29, 0.717) is 27.4 Å². The van der Waals surface area contributed by atoms with Gasteiger partial charge in [0, 0.05) is 16.1 Å². The standard InChI is InChI=1S/C17H11ClNO2/c1-11-16(10-21-19-11)14-4-2-3-5-15(14)17(20)12-6-8-13(18)9-7-12/h2-9H,1H3. The Hall–Kier alpha value is -2.39. The first-order valence-corrected chi connectivity index (χ1v) is 6.78. The van der Waals surface area contributed by atoms with Crippen LogP contribution in [0.4, 0.5) is 0 Å². The summed E-state index contributed by atoms with van der Waals surface area (Å²) in [6, 6.07) is 14.2. The van der Waals surface area contributed by atoms with Crippen molar-refractivity contribution in [2.45, 2.75) is 6.92 Å². The first kappa shape index (κ1) is 13.6. The van der Waals surface area contributed by atoms with E-state index in [9.17, 15) is 4.79 Å². The SMILES string of the molecule is Cc1no[c]c1-c1ccccc1C(=O)c1ccc(Cl)cc1. The highest BCUT2D eigenvalue weighted by Crippen LogP contribution is 2.27. The Morgan fingerprint density at radius 2 is 1.86 bits per heavy atom. The second-order valence-electron chi connectivity index (χ2n) is 4.63. The van der Waals surface area contributed by atoms with Gasteiger partial charge in [0.1, 0.15) is 0 Å². The number of hydrogen-bond acceptors (Lipinski definition) is 3. The lowest BCUT2D eigenvalue weighted by Crippen LogP contribution is -2.03. The molecular weight excluding hydrogens is 286 g/mol. The molecule has 0 spiro atoms. The monoisotopic (exact) mass is 296 g/mol. The van der Waals surface area contributed by atoms with E-state index < -0.39 is 0 Å². The van der Waals surface area contributed by atoms with Crippen LogP contribution >= 0.6 is 11.6 Å². The summed E-state index contributed by atoms with van der Waals surface area (Å²) in [4.78, 5) is 12.7. The van der Waals surface area contributed by atoms with E-state index in [0.717, 1.165) is 5.56 Å². The van der Waals surface area contributed by atoms with E-state index in [2.05, 4.69) is 11.4 Å². The maximum Gasteiger partial charge on any atom is 0.213 e. The molecule has 0 aliphatic rings. The van der Waals surface area contributed by atoms with Gasteiger partial charge < -0.3 is 4.52 Å². The molecule has 2 aromatic carbocycles. The molecule has 21 heavy (non-hydrogen) atoms. The molecule has 3 aromatic rings. The van der Waals surface area contributed by atoms with Crippen LogP contribution in [0.25, 0.3) is 11.1 Å². The fourth-order valence-corrected chi connectivity index (χ4v) is 2.29. The smallest absolute Gasteiger partial charge is 0.213 e. The van der Waals surface area contributed by atoms with Crippen molar-refractivity contribution >= 4 is 17.4 Å². The summed E-state index contributed by atoms with van der Waals surface area (Å²) < 4.78 is 4.85. The molecule has 3 rings (SSSR count). The van der Waals surface area contributed by atoms with Gasteiger partial charge in [-0.2, -0.15) is 0 Å². The molecule has 0 aliphatic heterocycles. The molecule has 0 saturated carbocycles. The van der Waals surface area contributed by atoms with Gasteiger partial charge in [-0.15, -0.1) is 0 Å². The average Bonchev–Trinajstić information content (AvgIpc) is 2.93. The lowest BCUT2D eigenvalue weighted by Gasteiger charge is -2.07. The van der Waals surface area contributed by atoms with Crippen molar-refractivity contribution in [3.05, 3.63) is 76.6 Å². The molecule has 0 N–H and O–H groups in total. The number of aromatic nitrogens is 1. The number of hydrogen-bond donors (Lipinski definition) is 0. The van der Waals surface area contributed by atoms with E-state index in [4.69, 9.17) is 16.1 Å². The Balaban J connectivity index is 2.09. The van der Waals surface area contributed by atoms with Gasteiger partial charge in [0.25, 0.3) is 0 Å². The van der Waals surface area contributed by atoms with Crippen molar-refractivity contribution in [2.75, 3.05) is 0 Å². The van der Waals surface area contributed by atoms with Gasteiger partial charge >= 0.3 is 0 Å². The zero-order valence-electron chi connectivity index (χ0n) is 11.3. The molecule has 0 atom stereocenters. The maximum absolute atomic E-state index is 12.7. The summed E-state index contributed by atoms with van der Waals surface area (Å²) in [5.41, 5.74) is 3.33. The number of benzene rings is 2. The van der Waals surface area contributed by atoms with E-state index in [1.807, 2.05) is 25.1 Å². The Labute approximate surface area is 127 Å². The van der Waals surface area contributed by atoms with Gasteiger partial charge in [-0.25, -0.2) is 0 Å². The highest BCUT2D eigenvalue weighted by Gasteiger charge is 2.17.